The van der Waals surface area contributed by atoms with Gasteiger partial charge in [0.2, 0.25) is 0 Å². The molecule has 3 nitrogen and oxygen atoms in total. The van der Waals surface area contributed by atoms with Crippen molar-refractivity contribution >= 4 is 5.69 Å². The minimum absolute atomic E-state index is 0.529. The Kier molecular flexibility index (Phi) is 2.68. The van der Waals surface area contributed by atoms with Gasteiger partial charge in [0.15, 0.2) is 0 Å². The number of rotatable bonds is 2. The summed E-state index contributed by atoms with van der Waals surface area (Å²) >= 11 is 0. The zero-order chi connectivity index (χ0) is 9.97. The highest BCUT2D eigenvalue weighted by atomic mass is 15.2. The zero-order valence-electron chi connectivity index (χ0n) is 8.61. The van der Waals surface area contributed by atoms with Gasteiger partial charge in [-0.15, -0.1) is 0 Å². The third-order valence-electron chi connectivity index (χ3n) is 2.82. The molecule has 0 bridgehead atoms. The van der Waals surface area contributed by atoms with Crippen LogP contribution in [0.4, 0.5) is 5.69 Å². The van der Waals surface area contributed by atoms with Crippen LogP contribution in [-0.4, -0.2) is 18.1 Å². The first-order valence-electron chi connectivity index (χ1n) is 5.20. The van der Waals surface area contributed by atoms with E-state index in [0.717, 1.165) is 24.7 Å². The number of hydrogen-bond donors (Lipinski definition) is 1. The van der Waals surface area contributed by atoms with Crippen LogP contribution in [0.1, 0.15) is 19.0 Å². The van der Waals surface area contributed by atoms with E-state index >= 15 is 0 Å². The number of hydrogen-bond acceptors (Lipinski definition) is 3. The van der Waals surface area contributed by atoms with Crippen LogP contribution >= 0.6 is 0 Å². The van der Waals surface area contributed by atoms with Crippen LogP contribution in [0.15, 0.2) is 18.3 Å². The normalized spacial score (nSPS) is 21.6. The van der Waals surface area contributed by atoms with Crippen LogP contribution in [0, 0.1) is 5.92 Å². The Bertz CT molecular complexity index is 311. The Hall–Kier alpha value is -1.09. The maximum atomic E-state index is 5.66. The van der Waals surface area contributed by atoms with E-state index in [-0.39, 0.29) is 0 Å². The van der Waals surface area contributed by atoms with Crippen LogP contribution in [0.25, 0.3) is 0 Å². The van der Waals surface area contributed by atoms with Gasteiger partial charge >= 0.3 is 0 Å². The first-order chi connectivity index (χ1) is 6.81. The third-order valence-corrected chi connectivity index (χ3v) is 2.82. The Morgan fingerprint density at radius 2 is 2.50 bits per heavy atom. The summed E-state index contributed by atoms with van der Waals surface area (Å²) in [4.78, 5) is 6.69. The molecule has 1 saturated heterocycles. The van der Waals surface area contributed by atoms with E-state index in [9.17, 15) is 0 Å². The van der Waals surface area contributed by atoms with E-state index < -0.39 is 0 Å². The molecule has 2 heterocycles. The van der Waals surface area contributed by atoms with Gasteiger partial charge in [-0.2, -0.15) is 0 Å². The number of nitrogens with zero attached hydrogens (tertiary/aromatic N) is 2. The largest absolute Gasteiger partial charge is 0.370 e. The number of anilines is 1. The summed E-state index contributed by atoms with van der Waals surface area (Å²) in [5, 5.41) is 0. The predicted molar refractivity (Wildman–Crippen MR) is 58.1 cm³/mol. The van der Waals surface area contributed by atoms with E-state index in [1.165, 1.54) is 12.1 Å². The Morgan fingerprint density at radius 1 is 1.64 bits per heavy atom. The summed E-state index contributed by atoms with van der Waals surface area (Å²) in [6.07, 6.45) is 3.09. The molecule has 0 radical (unpaired) electrons. The highest BCUT2D eigenvalue weighted by Crippen LogP contribution is 2.25. The molecule has 1 aromatic rings. The van der Waals surface area contributed by atoms with E-state index in [1.54, 1.807) is 0 Å². The van der Waals surface area contributed by atoms with Gasteiger partial charge < -0.3 is 10.6 Å². The maximum absolute atomic E-state index is 5.66. The molecule has 1 aliphatic heterocycles. The summed E-state index contributed by atoms with van der Waals surface area (Å²) in [7, 11) is 0. The average molecular weight is 191 g/mol. The lowest BCUT2D eigenvalue weighted by molar-refractivity contribution is 0.659. The van der Waals surface area contributed by atoms with Crippen molar-refractivity contribution in [1.29, 1.82) is 0 Å². The lowest BCUT2D eigenvalue weighted by Crippen LogP contribution is -2.21. The number of aromatic nitrogens is 1. The molecule has 1 aromatic heterocycles. The maximum Gasteiger partial charge on any atom is 0.0772 e. The Balaban J connectivity index is 2.22. The summed E-state index contributed by atoms with van der Waals surface area (Å²) in [5.41, 5.74) is 7.90. The van der Waals surface area contributed by atoms with Gasteiger partial charge in [0.25, 0.3) is 0 Å². The second kappa shape index (κ2) is 3.96. The monoisotopic (exact) mass is 191 g/mol. The standard InChI is InChI=1S/C11H17N3/c1-9-4-6-14(8-9)11-3-2-5-13-10(11)7-12/h2-3,5,9H,4,6-8,12H2,1H3. The first-order valence-corrected chi connectivity index (χ1v) is 5.20. The summed E-state index contributed by atoms with van der Waals surface area (Å²) in [5.74, 6) is 0.792. The van der Waals surface area contributed by atoms with Crippen LogP contribution in [-0.2, 0) is 6.54 Å². The van der Waals surface area contributed by atoms with Crippen molar-refractivity contribution in [3.63, 3.8) is 0 Å². The fourth-order valence-corrected chi connectivity index (χ4v) is 2.03. The topological polar surface area (TPSA) is 42.2 Å². The van der Waals surface area contributed by atoms with Crippen LogP contribution in [0.2, 0.25) is 0 Å². The van der Waals surface area contributed by atoms with Crippen molar-refractivity contribution in [3.8, 4) is 0 Å². The zero-order valence-corrected chi connectivity index (χ0v) is 8.61. The summed E-state index contributed by atoms with van der Waals surface area (Å²) in [6.45, 7) is 5.10. The van der Waals surface area contributed by atoms with E-state index in [4.69, 9.17) is 5.73 Å². The fourth-order valence-electron chi connectivity index (χ4n) is 2.03. The van der Waals surface area contributed by atoms with Crippen molar-refractivity contribution in [3.05, 3.63) is 24.0 Å². The molecule has 0 spiro atoms. The van der Waals surface area contributed by atoms with Gasteiger partial charge in [0, 0.05) is 25.8 Å². The smallest absolute Gasteiger partial charge is 0.0772 e. The first kappa shape index (κ1) is 9.46. The summed E-state index contributed by atoms with van der Waals surface area (Å²) < 4.78 is 0. The van der Waals surface area contributed by atoms with E-state index in [1.807, 2.05) is 12.3 Å². The van der Waals surface area contributed by atoms with E-state index in [0.29, 0.717) is 6.54 Å². The molecule has 0 aromatic carbocycles. The molecule has 0 aliphatic carbocycles. The van der Waals surface area contributed by atoms with Gasteiger partial charge in [0.05, 0.1) is 11.4 Å². The molecule has 0 saturated carbocycles. The van der Waals surface area contributed by atoms with Gasteiger partial charge in [-0.05, 0) is 24.5 Å². The van der Waals surface area contributed by atoms with E-state index in [2.05, 4.69) is 22.9 Å². The molecule has 1 aliphatic rings. The van der Waals surface area contributed by atoms with Crippen LogP contribution < -0.4 is 10.6 Å². The highest BCUT2D eigenvalue weighted by molar-refractivity contribution is 5.51. The summed E-state index contributed by atoms with van der Waals surface area (Å²) in [6, 6.07) is 4.10. The third kappa shape index (κ3) is 1.73. The van der Waals surface area contributed by atoms with Crippen molar-refractivity contribution in [2.75, 3.05) is 18.0 Å². The van der Waals surface area contributed by atoms with Gasteiger partial charge in [0.1, 0.15) is 0 Å². The fraction of sp³-hybridized carbons (Fsp3) is 0.545. The Labute approximate surface area is 84.9 Å². The molecule has 2 N–H and O–H groups in total. The lowest BCUT2D eigenvalue weighted by atomic mass is 10.2. The quantitative estimate of drug-likeness (QED) is 0.768. The predicted octanol–water partition coefficient (Wildman–Crippen LogP) is 1.39. The van der Waals surface area contributed by atoms with Crippen molar-refractivity contribution in [2.45, 2.75) is 19.9 Å². The highest BCUT2D eigenvalue weighted by Gasteiger charge is 2.20. The molecule has 14 heavy (non-hydrogen) atoms. The Morgan fingerprint density at radius 3 is 3.14 bits per heavy atom. The molecule has 0 amide bonds. The van der Waals surface area contributed by atoms with Crippen molar-refractivity contribution in [1.82, 2.24) is 4.98 Å². The van der Waals surface area contributed by atoms with Crippen molar-refractivity contribution < 1.29 is 0 Å². The number of nitrogens with two attached hydrogens (primary N) is 1. The van der Waals surface area contributed by atoms with Crippen molar-refractivity contribution in [2.24, 2.45) is 11.7 Å². The van der Waals surface area contributed by atoms with Crippen LogP contribution in [0.5, 0.6) is 0 Å². The molecule has 1 unspecified atom stereocenters. The molecule has 1 fully saturated rings. The molecular weight excluding hydrogens is 174 g/mol. The lowest BCUT2D eigenvalue weighted by Gasteiger charge is -2.20. The molecular formula is C11H17N3. The van der Waals surface area contributed by atoms with Gasteiger partial charge in [-0.3, -0.25) is 4.98 Å². The second-order valence-electron chi connectivity index (χ2n) is 4.01. The molecule has 2 rings (SSSR count). The van der Waals surface area contributed by atoms with Gasteiger partial charge in [-0.25, -0.2) is 0 Å². The number of pyridine rings is 1. The second-order valence-corrected chi connectivity index (χ2v) is 4.01. The minimum atomic E-state index is 0.529. The van der Waals surface area contributed by atoms with Gasteiger partial charge in [-0.1, -0.05) is 6.92 Å². The SMILES string of the molecule is CC1CCN(c2cccnc2CN)C1. The average Bonchev–Trinajstić information content (AvgIpc) is 2.65. The molecule has 76 valence electrons. The molecule has 3 heteroatoms. The van der Waals surface area contributed by atoms with Crippen LogP contribution in [0.3, 0.4) is 0 Å². The minimum Gasteiger partial charge on any atom is -0.370 e. The molecule has 1 atom stereocenters.